The van der Waals surface area contributed by atoms with Gasteiger partial charge in [0.2, 0.25) is 0 Å². The van der Waals surface area contributed by atoms with Crippen molar-refractivity contribution in [1.29, 1.82) is 0 Å². The maximum absolute atomic E-state index is 12.4. The van der Waals surface area contributed by atoms with E-state index in [-0.39, 0.29) is 10.9 Å². The first kappa shape index (κ1) is 15.8. The predicted molar refractivity (Wildman–Crippen MR) is 90.2 cm³/mol. The molecule has 0 unspecified atom stereocenters. The van der Waals surface area contributed by atoms with Gasteiger partial charge in [-0.15, -0.1) is 0 Å². The van der Waals surface area contributed by atoms with Gasteiger partial charge in [-0.25, -0.2) is 18.1 Å². The number of aromatic nitrogens is 3. The minimum absolute atomic E-state index is 0.1000. The fourth-order valence-electron chi connectivity index (χ4n) is 2.22. The first-order chi connectivity index (χ1) is 10.9. The molecule has 0 spiro atoms. The molecule has 0 aliphatic carbocycles. The summed E-state index contributed by atoms with van der Waals surface area (Å²) in [6.07, 6.45) is 3.14. The van der Waals surface area contributed by atoms with E-state index in [0.29, 0.717) is 16.4 Å². The lowest BCUT2D eigenvalue weighted by atomic mass is 10.3. The van der Waals surface area contributed by atoms with E-state index in [1.807, 2.05) is 13.8 Å². The van der Waals surface area contributed by atoms with Crippen molar-refractivity contribution in [2.45, 2.75) is 24.8 Å². The van der Waals surface area contributed by atoms with Gasteiger partial charge in [0.1, 0.15) is 0 Å². The summed E-state index contributed by atoms with van der Waals surface area (Å²) in [5.74, 6) is 0. The lowest BCUT2D eigenvalue weighted by Gasteiger charge is -2.09. The number of sulfonamides is 1. The third kappa shape index (κ3) is 3.16. The van der Waals surface area contributed by atoms with Crippen LogP contribution in [-0.2, 0) is 10.0 Å². The van der Waals surface area contributed by atoms with Gasteiger partial charge in [-0.1, -0.05) is 17.7 Å². The number of hydrogen-bond donors (Lipinski definition) is 1. The second kappa shape index (κ2) is 5.82. The van der Waals surface area contributed by atoms with E-state index in [9.17, 15) is 8.42 Å². The van der Waals surface area contributed by atoms with Crippen LogP contribution in [0.1, 0.15) is 19.9 Å². The highest BCUT2D eigenvalue weighted by Crippen LogP contribution is 2.22. The van der Waals surface area contributed by atoms with E-state index in [4.69, 9.17) is 11.6 Å². The third-order valence-electron chi connectivity index (χ3n) is 3.28. The van der Waals surface area contributed by atoms with Crippen LogP contribution >= 0.6 is 11.6 Å². The van der Waals surface area contributed by atoms with Gasteiger partial charge in [0.15, 0.2) is 5.65 Å². The highest BCUT2D eigenvalue weighted by molar-refractivity contribution is 7.92. The Balaban J connectivity index is 1.95. The molecular formula is C15H15ClN4O2S. The van der Waals surface area contributed by atoms with Crippen molar-refractivity contribution < 1.29 is 8.42 Å². The van der Waals surface area contributed by atoms with E-state index in [1.165, 1.54) is 18.3 Å². The first-order valence-corrected chi connectivity index (χ1v) is 8.84. The van der Waals surface area contributed by atoms with Gasteiger partial charge in [-0.05, 0) is 38.1 Å². The lowest BCUT2D eigenvalue weighted by molar-refractivity contribution is 0.546. The fourth-order valence-corrected chi connectivity index (χ4v) is 3.56. The number of rotatable bonds is 4. The number of fused-ring (bicyclic) bond motifs is 1. The predicted octanol–water partition coefficient (Wildman–Crippen LogP) is 3.47. The molecule has 2 heterocycles. The molecule has 0 atom stereocenters. The number of nitrogens with one attached hydrogen (secondary N) is 1. The molecule has 120 valence electrons. The minimum Gasteiger partial charge on any atom is -0.278 e. The number of pyridine rings is 1. The summed E-state index contributed by atoms with van der Waals surface area (Å²) in [4.78, 5) is 4.41. The van der Waals surface area contributed by atoms with Crippen molar-refractivity contribution in [1.82, 2.24) is 14.8 Å². The van der Waals surface area contributed by atoms with E-state index in [0.717, 1.165) is 5.39 Å². The molecule has 0 amide bonds. The third-order valence-corrected chi connectivity index (χ3v) is 4.90. The molecule has 23 heavy (non-hydrogen) atoms. The Morgan fingerprint density at radius 1 is 1.22 bits per heavy atom. The van der Waals surface area contributed by atoms with Gasteiger partial charge in [0, 0.05) is 16.5 Å². The Kier molecular flexibility index (Phi) is 3.99. The van der Waals surface area contributed by atoms with Crippen molar-refractivity contribution >= 4 is 38.3 Å². The fraction of sp³-hybridized carbons (Fsp3) is 0.200. The van der Waals surface area contributed by atoms with Crippen LogP contribution in [-0.4, -0.2) is 23.2 Å². The first-order valence-electron chi connectivity index (χ1n) is 6.98. The minimum atomic E-state index is -3.72. The molecule has 0 bridgehead atoms. The van der Waals surface area contributed by atoms with Crippen LogP contribution < -0.4 is 4.72 Å². The molecule has 1 aromatic carbocycles. The Bertz CT molecular complexity index is 967. The Hall–Kier alpha value is -2.12. The summed E-state index contributed by atoms with van der Waals surface area (Å²) < 4.78 is 29.1. The molecule has 6 nitrogen and oxygen atoms in total. The second-order valence-electron chi connectivity index (χ2n) is 5.38. The molecule has 3 aromatic rings. The maximum atomic E-state index is 12.4. The van der Waals surface area contributed by atoms with Crippen LogP contribution in [0.4, 0.5) is 5.69 Å². The molecule has 0 aliphatic rings. The quantitative estimate of drug-likeness (QED) is 0.781. The van der Waals surface area contributed by atoms with E-state index in [2.05, 4.69) is 14.8 Å². The largest absolute Gasteiger partial charge is 0.278 e. The molecule has 0 fully saturated rings. The van der Waals surface area contributed by atoms with E-state index in [1.54, 1.807) is 29.1 Å². The standard InChI is InChI=1S/C15H15ClN4O2S/c1-10(2)20-15-11(8-18-20)6-13(9-17-15)19-23(21,22)14-5-3-4-12(16)7-14/h3-10,19H,1-2H3. The zero-order chi connectivity index (χ0) is 16.6. The lowest BCUT2D eigenvalue weighted by Crippen LogP contribution is -2.13. The molecule has 3 rings (SSSR count). The topological polar surface area (TPSA) is 76.9 Å². The molecule has 0 aliphatic heterocycles. The number of nitrogens with zero attached hydrogens (tertiary/aromatic N) is 3. The van der Waals surface area contributed by atoms with Crippen molar-refractivity contribution in [2.24, 2.45) is 0 Å². The van der Waals surface area contributed by atoms with Gasteiger partial charge in [0.05, 0.1) is 23.0 Å². The number of hydrogen-bond acceptors (Lipinski definition) is 4. The van der Waals surface area contributed by atoms with Crippen LogP contribution in [0.3, 0.4) is 0 Å². The average molecular weight is 351 g/mol. The van der Waals surface area contributed by atoms with Gasteiger partial charge in [-0.2, -0.15) is 5.10 Å². The zero-order valence-electron chi connectivity index (χ0n) is 12.6. The molecule has 8 heteroatoms. The van der Waals surface area contributed by atoms with Crippen molar-refractivity contribution in [3.63, 3.8) is 0 Å². The number of halogens is 1. The highest BCUT2D eigenvalue weighted by atomic mass is 35.5. The van der Waals surface area contributed by atoms with Crippen LogP contribution in [0.5, 0.6) is 0 Å². The molecular weight excluding hydrogens is 336 g/mol. The summed E-state index contributed by atoms with van der Waals surface area (Å²) in [5.41, 5.74) is 1.09. The smallest absolute Gasteiger partial charge is 0.261 e. The van der Waals surface area contributed by atoms with Gasteiger partial charge < -0.3 is 0 Å². The Labute approximate surface area is 139 Å². The summed E-state index contributed by atoms with van der Waals surface area (Å²) in [6, 6.07) is 7.97. The van der Waals surface area contributed by atoms with E-state index >= 15 is 0 Å². The highest BCUT2D eigenvalue weighted by Gasteiger charge is 2.16. The molecule has 1 N–H and O–H groups in total. The monoisotopic (exact) mass is 350 g/mol. The summed E-state index contributed by atoms with van der Waals surface area (Å²) in [7, 11) is -3.72. The molecule has 0 saturated carbocycles. The molecule has 0 saturated heterocycles. The normalized spacial score (nSPS) is 12.0. The van der Waals surface area contributed by atoms with Gasteiger partial charge >= 0.3 is 0 Å². The summed E-state index contributed by atoms with van der Waals surface area (Å²) in [5, 5.41) is 5.39. The SMILES string of the molecule is CC(C)n1ncc2cc(NS(=O)(=O)c3cccc(Cl)c3)cnc21. The number of anilines is 1. The van der Waals surface area contributed by atoms with Crippen molar-refractivity contribution in [3.8, 4) is 0 Å². The summed E-state index contributed by atoms with van der Waals surface area (Å²) in [6.45, 7) is 4.01. The zero-order valence-corrected chi connectivity index (χ0v) is 14.1. The van der Waals surface area contributed by atoms with Crippen LogP contribution in [0.25, 0.3) is 11.0 Å². The maximum Gasteiger partial charge on any atom is 0.261 e. The van der Waals surface area contributed by atoms with E-state index < -0.39 is 10.0 Å². The Morgan fingerprint density at radius 3 is 2.70 bits per heavy atom. The second-order valence-corrected chi connectivity index (χ2v) is 7.50. The van der Waals surface area contributed by atoms with Gasteiger partial charge in [-0.3, -0.25) is 4.72 Å². The summed E-state index contributed by atoms with van der Waals surface area (Å²) >= 11 is 5.85. The van der Waals surface area contributed by atoms with Crippen molar-refractivity contribution in [2.75, 3.05) is 4.72 Å². The Morgan fingerprint density at radius 2 is 2.00 bits per heavy atom. The molecule has 2 aromatic heterocycles. The number of benzene rings is 1. The van der Waals surface area contributed by atoms with Crippen molar-refractivity contribution in [3.05, 3.63) is 47.7 Å². The van der Waals surface area contributed by atoms with Crippen LogP contribution in [0.2, 0.25) is 5.02 Å². The van der Waals surface area contributed by atoms with Gasteiger partial charge in [0.25, 0.3) is 10.0 Å². The average Bonchev–Trinajstić information content (AvgIpc) is 2.90. The van der Waals surface area contributed by atoms with Crippen LogP contribution in [0, 0.1) is 0 Å². The van der Waals surface area contributed by atoms with Crippen LogP contribution in [0.15, 0.2) is 47.6 Å². The molecule has 0 radical (unpaired) electrons.